The molecule has 0 radical (unpaired) electrons. The minimum absolute atomic E-state index is 0.157. The number of nitrogens with two attached hydrogens (primary N) is 1. The molecule has 1 aromatic carbocycles. The molecular weight excluding hydrogens is 330 g/mol. The molecule has 2 aromatic rings. The predicted molar refractivity (Wildman–Crippen MR) is 100 cm³/mol. The smallest absolute Gasteiger partial charge is 0.287 e. The average molecular weight is 355 g/mol. The molecule has 1 aliphatic carbocycles. The molecule has 138 valence electrons. The molecule has 26 heavy (non-hydrogen) atoms. The van der Waals surface area contributed by atoms with Crippen molar-refractivity contribution in [1.29, 1.82) is 0 Å². The van der Waals surface area contributed by atoms with Crippen molar-refractivity contribution in [3.63, 3.8) is 0 Å². The molecule has 1 saturated carbocycles. The fourth-order valence-corrected chi connectivity index (χ4v) is 3.50. The van der Waals surface area contributed by atoms with E-state index in [9.17, 15) is 9.59 Å². The van der Waals surface area contributed by atoms with E-state index in [-0.39, 0.29) is 23.5 Å². The van der Waals surface area contributed by atoms with Crippen LogP contribution in [0.15, 0.2) is 40.8 Å². The van der Waals surface area contributed by atoms with Gasteiger partial charge in [0, 0.05) is 18.3 Å². The Bertz CT molecular complexity index is 761. The normalized spacial score (nSPS) is 16.0. The zero-order chi connectivity index (χ0) is 18.5. The molecule has 0 aliphatic heterocycles. The second-order valence-electron chi connectivity index (χ2n) is 6.75. The van der Waals surface area contributed by atoms with Gasteiger partial charge in [-0.25, -0.2) is 0 Å². The summed E-state index contributed by atoms with van der Waals surface area (Å²) in [5.41, 5.74) is 7.20. The van der Waals surface area contributed by atoms with Crippen LogP contribution >= 0.6 is 0 Å². The van der Waals surface area contributed by atoms with Crippen molar-refractivity contribution in [2.75, 3.05) is 12.8 Å². The molecular formula is C20H25N3O3. The van der Waals surface area contributed by atoms with Crippen LogP contribution in [0.2, 0.25) is 0 Å². The van der Waals surface area contributed by atoms with Crippen LogP contribution in [0.3, 0.4) is 0 Å². The van der Waals surface area contributed by atoms with Crippen LogP contribution in [-0.2, 0) is 4.79 Å². The van der Waals surface area contributed by atoms with Crippen LogP contribution in [-0.4, -0.2) is 24.9 Å². The molecule has 0 spiro atoms. The van der Waals surface area contributed by atoms with E-state index in [4.69, 9.17) is 10.2 Å². The zero-order valence-electron chi connectivity index (χ0n) is 15.0. The minimum atomic E-state index is -0.530. The summed E-state index contributed by atoms with van der Waals surface area (Å²) >= 11 is 0. The second kappa shape index (κ2) is 8.08. The van der Waals surface area contributed by atoms with Crippen LogP contribution in [0.5, 0.6) is 0 Å². The van der Waals surface area contributed by atoms with Crippen molar-refractivity contribution in [2.45, 2.75) is 38.1 Å². The summed E-state index contributed by atoms with van der Waals surface area (Å²) in [5, 5.41) is 5.52. The molecule has 0 bridgehead atoms. The first-order chi connectivity index (χ1) is 12.6. The molecule has 0 unspecified atom stereocenters. The number of hydrogen-bond donors (Lipinski definition) is 3. The van der Waals surface area contributed by atoms with Crippen molar-refractivity contribution in [2.24, 2.45) is 5.92 Å². The molecule has 1 atom stereocenters. The molecule has 4 N–H and O–H groups in total. The van der Waals surface area contributed by atoms with E-state index >= 15 is 0 Å². The SMILES string of the molecule is CNC(=O)[C@@H](NC(=O)c1ccc(-c2ccc(N)cc2)o1)C1CCCCC1. The molecule has 3 rings (SSSR count). The first-order valence-electron chi connectivity index (χ1n) is 9.06. The lowest BCUT2D eigenvalue weighted by Crippen LogP contribution is -2.50. The lowest BCUT2D eigenvalue weighted by atomic mass is 9.83. The number of benzene rings is 1. The number of rotatable bonds is 5. The van der Waals surface area contributed by atoms with E-state index in [0.29, 0.717) is 11.4 Å². The Morgan fingerprint density at radius 3 is 2.42 bits per heavy atom. The standard InChI is InChI=1S/C20H25N3O3/c1-22-20(25)18(14-5-3-2-4-6-14)23-19(24)17-12-11-16(26-17)13-7-9-15(21)10-8-13/h7-12,14,18H,2-6,21H2,1H3,(H,22,25)(H,23,24)/t18-/m0/s1. The van der Waals surface area contributed by atoms with Crippen molar-refractivity contribution < 1.29 is 14.0 Å². The van der Waals surface area contributed by atoms with Crippen LogP contribution in [0.4, 0.5) is 5.69 Å². The number of anilines is 1. The number of amides is 2. The highest BCUT2D eigenvalue weighted by atomic mass is 16.3. The number of carbonyl (C=O) groups is 2. The second-order valence-corrected chi connectivity index (χ2v) is 6.75. The lowest BCUT2D eigenvalue weighted by molar-refractivity contribution is -0.124. The molecule has 2 amide bonds. The van der Waals surface area contributed by atoms with E-state index < -0.39 is 6.04 Å². The molecule has 1 aliphatic rings. The van der Waals surface area contributed by atoms with Crippen molar-refractivity contribution in [1.82, 2.24) is 10.6 Å². The molecule has 6 heteroatoms. The summed E-state index contributed by atoms with van der Waals surface area (Å²) in [6.45, 7) is 0. The van der Waals surface area contributed by atoms with Crippen LogP contribution in [0.25, 0.3) is 11.3 Å². The maximum Gasteiger partial charge on any atom is 0.287 e. The maximum atomic E-state index is 12.6. The van der Waals surface area contributed by atoms with Gasteiger partial charge in [0.05, 0.1) is 0 Å². The van der Waals surface area contributed by atoms with Gasteiger partial charge in [0.15, 0.2) is 5.76 Å². The molecule has 1 heterocycles. The lowest BCUT2D eigenvalue weighted by Gasteiger charge is -2.29. The van der Waals surface area contributed by atoms with Crippen molar-refractivity contribution >= 4 is 17.5 Å². The van der Waals surface area contributed by atoms with Gasteiger partial charge in [-0.2, -0.15) is 0 Å². The van der Waals surface area contributed by atoms with Crippen LogP contribution in [0, 0.1) is 5.92 Å². The topological polar surface area (TPSA) is 97.4 Å². The van der Waals surface area contributed by atoms with Gasteiger partial charge in [0.2, 0.25) is 5.91 Å². The molecule has 0 saturated heterocycles. The Morgan fingerprint density at radius 2 is 1.77 bits per heavy atom. The highest BCUT2D eigenvalue weighted by Crippen LogP contribution is 2.27. The zero-order valence-corrected chi connectivity index (χ0v) is 15.0. The fraction of sp³-hybridized carbons (Fsp3) is 0.400. The van der Waals surface area contributed by atoms with Gasteiger partial charge in [0.25, 0.3) is 5.91 Å². The quantitative estimate of drug-likeness (QED) is 0.718. The summed E-state index contributed by atoms with van der Waals surface area (Å²) < 4.78 is 5.69. The Kier molecular flexibility index (Phi) is 5.61. The Labute approximate surface area is 153 Å². The Hall–Kier alpha value is -2.76. The summed E-state index contributed by atoms with van der Waals surface area (Å²) in [6.07, 6.45) is 5.28. The molecule has 6 nitrogen and oxygen atoms in total. The first-order valence-corrected chi connectivity index (χ1v) is 9.06. The summed E-state index contributed by atoms with van der Waals surface area (Å²) in [7, 11) is 1.59. The van der Waals surface area contributed by atoms with E-state index in [2.05, 4.69) is 10.6 Å². The monoisotopic (exact) mass is 355 g/mol. The number of furan rings is 1. The van der Waals surface area contributed by atoms with E-state index in [1.54, 1.807) is 31.3 Å². The number of likely N-dealkylation sites (N-methyl/N-ethyl adjacent to an activating group) is 1. The van der Waals surface area contributed by atoms with Gasteiger partial charge in [-0.1, -0.05) is 19.3 Å². The van der Waals surface area contributed by atoms with Gasteiger partial charge >= 0.3 is 0 Å². The fourth-order valence-electron chi connectivity index (χ4n) is 3.50. The molecule has 1 fully saturated rings. The van der Waals surface area contributed by atoms with Gasteiger partial charge in [-0.05, 0) is 55.2 Å². The highest BCUT2D eigenvalue weighted by molar-refractivity contribution is 5.96. The van der Waals surface area contributed by atoms with Gasteiger partial charge < -0.3 is 20.8 Å². The van der Waals surface area contributed by atoms with Crippen molar-refractivity contribution in [3.05, 3.63) is 42.2 Å². The Morgan fingerprint density at radius 1 is 1.08 bits per heavy atom. The summed E-state index contributed by atoms with van der Waals surface area (Å²) in [4.78, 5) is 24.9. The van der Waals surface area contributed by atoms with E-state index in [1.807, 2.05) is 12.1 Å². The summed E-state index contributed by atoms with van der Waals surface area (Å²) in [6, 6.07) is 10.1. The average Bonchev–Trinajstić information content (AvgIpc) is 3.17. The number of nitrogens with one attached hydrogen (secondary N) is 2. The van der Waals surface area contributed by atoms with E-state index in [0.717, 1.165) is 31.2 Å². The number of hydrogen-bond acceptors (Lipinski definition) is 4. The van der Waals surface area contributed by atoms with Crippen molar-refractivity contribution in [3.8, 4) is 11.3 Å². The number of carbonyl (C=O) groups excluding carboxylic acids is 2. The third-order valence-corrected chi connectivity index (χ3v) is 4.96. The molecule has 1 aromatic heterocycles. The Balaban J connectivity index is 1.73. The van der Waals surface area contributed by atoms with Crippen LogP contribution < -0.4 is 16.4 Å². The van der Waals surface area contributed by atoms with Crippen LogP contribution in [0.1, 0.15) is 42.7 Å². The predicted octanol–water partition coefficient (Wildman–Crippen LogP) is 2.95. The third-order valence-electron chi connectivity index (χ3n) is 4.96. The largest absolute Gasteiger partial charge is 0.451 e. The van der Waals surface area contributed by atoms with Gasteiger partial charge in [-0.3, -0.25) is 9.59 Å². The highest BCUT2D eigenvalue weighted by Gasteiger charge is 2.31. The first kappa shape index (κ1) is 18.0. The number of nitrogen functional groups attached to an aromatic ring is 1. The summed E-state index contributed by atoms with van der Waals surface area (Å²) in [5.74, 6) is 0.423. The van der Waals surface area contributed by atoms with Gasteiger partial charge in [0.1, 0.15) is 11.8 Å². The van der Waals surface area contributed by atoms with E-state index in [1.165, 1.54) is 6.42 Å². The van der Waals surface area contributed by atoms with Gasteiger partial charge in [-0.15, -0.1) is 0 Å². The maximum absolute atomic E-state index is 12.6. The third kappa shape index (κ3) is 4.07. The minimum Gasteiger partial charge on any atom is -0.451 e.